The second-order valence-electron chi connectivity index (χ2n) is 3.87. The number of benzene rings is 1. The van der Waals surface area contributed by atoms with E-state index in [4.69, 9.17) is 5.11 Å². The molecule has 1 aromatic carbocycles. The van der Waals surface area contributed by atoms with Crippen LogP contribution in [0, 0.1) is 13.8 Å². The van der Waals surface area contributed by atoms with Crippen molar-refractivity contribution in [1.29, 1.82) is 0 Å². The molecule has 0 aliphatic rings. The maximum atomic E-state index is 8.94. The van der Waals surface area contributed by atoms with Crippen LogP contribution in [0.1, 0.15) is 16.1 Å². The minimum Gasteiger partial charge on any atom is -0.396 e. The number of aromatic nitrogens is 1. The molecule has 1 N–H and O–H groups in total. The Hall–Kier alpha value is -1.19. The van der Waals surface area contributed by atoms with Crippen LogP contribution < -0.4 is 0 Å². The molecule has 0 bridgehead atoms. The molecule has 0 radical (unpaired) electrons. The lowest BCUT2D eigenvalue weighted by Gasteiger charge is -1.96. The summed E-state index contributed by atoms with van der Waals surface area (Å²) in [5, 5.41) is 9.98. The average molecular weight is 233 g/mol. The Morgan fingerprint density at radius 1 is 1.19 bits per heavy atom. The van der Waals surface area contributed by atoms with Crippen molar-refractivity contribution in [2.45, 2.75) is 20.3 Å². The monoisotopic (exact) mass is 233 g/mol. The lowest BCUT2D eigenvalue weighted by atomic mass is 10.2. The van der Waals surface area contributed by atoms with E-state index < -0.39 is 0 Å². The lowest BCUT2D eigenvalue weighted by Crippen LogP contribution is -1.88. The maximum absolute atomic E-state index is 8.94. The highest BCUT2D eigenvalue weighted by atomic mass is 32.1. The van der Waals surface area contributed by atoms with Gasteiger partial charge in [0.2, 0.25) is 0 Å². The van der Waals surface area contributed by atoms with Crippen molar-refractivity contribution in [3.63, 3.8) is 0 Å². The van der Waals surface area contributed by atoms with E-state index in [0.717, 1.165) is 16.3 Å². The van der Waals surface area contributed by atoms with E-state index in [1.807, 2.05) is 6.92 Å². The second kappa shape index (κ2) is 4.76. The van der Waals surface area contributed by atoms with E-state index in [9.17, 15) is 0 Å². The smallest absolute Gasteiger partial charge is 0.123 e. The fourth-order valence-corrected chi connectivity index (χ4v) is 2.64. The van der Waals surface area contributed by atoms with Crippen LogP contribution in [0.25, 0.3) is 10.6 Å². The van der Waals surface area contributed by atoms with Gasteiger partial charge in [-0.05, 0) is 13.8 Å². The van der Waals surface area contributed by atoms with Gasteiger partial charge >= 0.3 is 0 Å². The molecule has 1 heterocycles. The van der Waals surface area contributed by atoms with Crippen LogP contribution in [0.4, 0.5) is 0 Å². The van der Waals surface area contributed by atoms with Gasteiger partial charge in [-0.2, -0.15) is 0 Å². The van der Waals surface area contributed by atoms with Gasteiger partial charge in [0.05, 0.1) is 5.69 Å². The first-order valence-electron chi connectivity index (χ1n) is 5.35. The van der Waals surface area contributed by atoms with Crippen molar-refractivity contribution in [2.24, 2.45) is 0 Å². The van der Waals surface area contributed by atoms with Gasteiger partial charge in [0, 0.05) is 23.5 Å². The van der Waals surface area contributed by atoms with Crippen LogP contribution in [0.5, 0.6) is 0 Å². The molecule has 0 amide bonds. The van der Waals surface area contributed by atoms with Crippen molar-refractivity contribution in [1.82, 2.24) is 4.98 Å². The van der Waals surface area contributed by atoms with E-state index in [-0.39, 0.29) is 6.61 Å². The zero-order valence-electron chi connectivity index (χ0n) is 9.53. The Morgan fingerprint density at radius 2 is 1.88 bits per heavy atom. The molecular weight excluding hydrogens is 218 g/mol. The Labute approximate surface area is 99.6 Å². The number of aryl methyl sites for hydroxylation is 2. The molecule has 0 unspecified atom stereocenters. The van der Waals surface area contributed by atoms with Crippen LogP contribution in [-0.2, 0) is 6.42 Å². The van der Waals surface area contributed by atoms with Gasteiger partial charge in [-0.25, -0.2) is 4.98 Å². The number of aliphatic hydroxyl groups excluding tert-OH is 1. The number of thiazole rings is 1. The highest BCUT2D eigenvalue weighted by Crippen LogP contribution is 2.28. The summed E-state index contributed by atoms with van der Waals surface area (Å²) >= 11 is 1.67. The summed E-state index contributed by atoms with van der Waals surface area (Å²) in [4.78, 5) is 5.72. The summed E-state index contributed by atoms with van der Waals surface area (Å²) in [6.07, 6.45) is 0.704. The average Bonchev–Trinajstić information content (AvgIpc) is 2.62. The highest BCUT2D eigenvalue weighted by molar-refractivity contribution is 7.15. The molecule has 0 spiro atoms. The predicted octanol–water partition coefficient (Wildman–Crippen LogP) is 2.96. The first-order chi connectivity index (χ1) is 7.70. The fraction of sp³-hybridized carbons (Fsp3) is 0.308. The summed E-state index contributed by atoms with van der Waals surface area (Å²) < 4.78 is 0. The first kappa shape index (κ1) is 11.3. The van der Waals surface area contributed by atoms with E-state index in [2.05, 4.69) is 36.2 Å². The zero-order valence-corrected chi connectivity index (χ0v) is 10.3. The van der Waals surface area contributed by atoms with Gasteiger partial charge in [-0.15, -0.1) is 11.3 Å². The summed E-state index contributed by atoms with van der Waals surface area (Å²) in [5.41, 5.74) is 3.45. The topological polar surface area (TPSA) is 33.1 Å². The van der Waals surface area contributed by atoms with E-state index >= 15 is 0 Å². The lowest BCUT2D eigenvalue weighted by molar-refractivity contribution is 0.300. The molecule has 16 heavy (non-hydrogen) atoms. The van der Waals surface area contributed by atoms with Gasteiger partial charge in [0.15, 0.2) is 0 Å². The molecule has 0 aliphatic carbocycles. The van der Waals surface area contributed by atoms with E-state index in [0.29, 0.717) is 6.42 Å². The first-order valence-corrected chi connectivity index (χ1v) is 6.16. The van der Waals surface area contributed by atoms with Gasteiger partial charge in [0.25, 0.3) is 0 Å². The largest absolute Gasteiger partial charge is 0.396 e. The molecule has 0 fully saturated rings. The van der Waals surface area contributed by atoms with Crippen LogP contribution in [-0.4, -0.2) is 16.7 Å². The molecule has 2 rings (SSSR count). The van der Waals surface area contributed by atoms with Crippen molar-refractivity contribution < 1.29 is 5.11 Å². The molecule has 0 atom stereocenters. The van der Waals surface area contributed by atoms with Crippen LogP contribution in [0.3, 0.4) is 0 Å². The standard InChI is InChI=1S/C13H15NOS/c1-9-3-5-11(6-4-9)13-14-10(2)12(16-13)7-8-15/h3-6,15H,7-8H2,1-2H3. The van der Waals surface area contributed by atoms with Crippen molar-refractivity contribution in [2.75, 3.05) is 6.61 Å². The number of hydrogen-bond donors (Lipinski definition) is 1. The minimum absolute atomic E-state index is 0.191. The summed E-state index contributed by atoms with van der Waals surface area (Å²) in [7, 11) is 0. The third kappa shape index (κ3) is 2.31. The Kier molecular flexibility index (Phi) is 3.36. The van der Waals surface area contributed by atoms with Crippen LogP contribution in [0.15, 0.2) is 24.3 Å². The number of rotatable bonds is 3. The molecular formula is C13H15NOS. The van der Waals surface area contributed by atoms with Gasteiger partial charge < -0.3 is 5.11 Å². The highest BCUT2D eigenvalue weighted by Gasteiger charge is 2.08. The quantitative estimate of drug-likeness (QED) is 0.884. The van der Waals surface area contributed by atoms with E-state index in [1.165, 1.54) is 10.4 Å². The molecule has 2 aromatic rings. The molecule has 0 saturated heterocycles. The minimum atomic E-state index is 0.191. The van der Waals surface area contributed by atoms with Crippen LogP contribution >= 0.6 is 11.3 Å². The van der Waals surface area contributed by atoms with Gasteiger partial charge in [0.1, 0.15) is 5.01 Å². The number of hydrogen-bond acceptors (Lipinski definition) is 3. The van der Waals surface area contributed by atoms with Crippen molar-refractivity contribution >= 4 is 11.3 Å². The number of nitrogens with zero attached hydrogens (tertiary/aromatic N) is 1. The number of aliphatic hydroxyl groups is 1. The van der Waals surface area contributed by atoms with Crippen LogP contribution in [0.2, 0.25) is 0 Å². The molecule has 84 valence electrons. The van der Waals surface area contributed by atoms with Crippen molar-refractivity contribution in [3.8, 4) is 10.6 Å². The Bertz CT molecular complexity index is 473. The molecule has 0 aliphatic heterocycles. The molecule has 1 aromatic heterocycles. The van der Waals surface area contributed by atoms with Gasteiger partial charge in [-0.1, -0.05) is 29.8 Å². The Balaban J connectivity index is 2.33. The third-order valence-electron chi connectivity index (χ3n) is 2.53. The SMILES string of the molecule is Cc1ccc(-c2nc(C)c(CCO)s2)cc1. The molecule has 2 nitrogen and oxygen atoms in total. The second-order valence-corrected chi connectivity index (χ2v) is 4.95. The Morgan fingerprint density at radius 3 is 2.50 bits per heavy atom. The third-order valence-corrected chi connectivity index (χ3v) is 3.80. The summed E-state index contributed by atoms with van der Waals surface area (Å²) in [6, 6.07) is 8.38. The van der Waals surface area contributed by atoms with E-state index in [1.54, 1.807) is 11.3 Å². The molecule has 0 saturated carbocycles. The summed E-state index contributed by atoms with van der Waals surface area (Å²) in [5.74, 6) is 0. The predicted molar refractivity (Wildman–Crippen MR) is 67.8 cm³/mol. The molecule has 3 heteroatoms. The normalized spacial score (nSPS) is 10.7. The zero-order chi connectivity index (χ0) is 11.5. The van der Waals surface area contributed by atoms with Gasteiger partial charge in [-0.3, -0.25) is 0 Å². The summed E-state index contributed by atoms with van der Waals surface area (Å²) in [6.45, 7) is 4.27. The maximum Gasteiger partial charge on any atom is 0.123 e. The van der Waals surface area contributed by atoms with Crippen molar-refractivity contribution in [3.05, 3.63) is 40.4 Å². The fourth-order valence-electron chi connectivity index (χ4n) is 1.58.